The first-order valence-electron chi connectivity index (χ1n) is 10.5. The maximum atomic E-state index is 14.6. The van der Waals surface area contributed by atoms with Crippen molar-refractivity contribution in [3.63, 3.8) is 0 Å². The van der Waals surface area contributed by atoms with Gasteiger partial charge in [0.05, 0.1) is 11.1 Å². The fourth-order valence-corrected chi connectivity index (χ4v) is 4.22. The number of nitrogen functional groups attached to an aromatic ring is 1. The van der Waals surface area contributed by atoms with E-state index in [-0.39, 0.29) is 29.1 Å². The fraction of sp³-hybridized carbons (Fsp3) is 0.429. The number of halogens is 2. The molecule has 0 aliphatic carbocycles. The van der Waals surface area contributed by atoms with Crippen molar-refractivity contribution in [1.82, 2.24) is 24.6 Å². The molecule has 1 atom stereocenters. The van der Waals surface area contributed by atoms with Crippen molar-refractivity contribution in [3.05, 3.63) is 29.8 Å². The monoisotopic (exact) mass is 443 g/mol. The van der Waals surface area contributed by atoms with Crippen LogP contribution in [0.4, 0.5) is 20.5 Å². The first-order chi connectivity index (χ1) is 15.4. The van der Waals surface area contributed by atoms with Crippen LogP contribution in [0.5, 0.6) is 0 Å². The fourth-order valence-electron chi connectivity index (χ4n) is 4.22. The highest BCUT2D eigenvalue weighted by atomic mass is 19.1. The number of benzene rings is 1. The Balaban J connectivity index is 1.47. The number of carbonyl (C=O) groups is 1. The van der Waals surface area contributed by atoms with Crippen molar-refractivity contribution in [2.45, 2.75) is 18.9 Å². The van der Waals surface area contributed by atoms with Gasteiger partial charge in [-0.05, 0) is 25.0 Å². The molecule has 2 aromatic heterocycles. The molecule has 1 amide bonds. The minimum Gasteiger partial charge on any atom is -0.383 e. The maximum Gasteiger partial charge on any atom is 0.251 e. The Kier molecular flexibility index (Phi) is 5.12. The number of amides is 1. The van der Waals surface area contributed by atoms with Crippen LogP contribution in [0, 0.1) is 11.6 Å². The summed E-state index contributed by atoms with van der Waals surface area (Å²) in [4.78, 5) is 25.5. The zero-order chi connectivity index (χ0) is 22.4. The third kappa shape index (κ3) is 3.52. The van der Waals surface area contributed by atoms with Crippen molar-refractivity contribution in [1.29, 1.82) is 0 Å². The Morgan fingerprint density at radius 2 is 1.97 bits per heavy atom. The van der Waals surface area contributed by atoms with Crippen molar-refractivity contribution >= 4 is 28.7 Å². The summed E-state index contributed by atoms with van der Waals surface area (Å²) in [5.74, 6) is -0.755. The minimum atomic E-state index is -0.744. The van der Waals surface area contributed by atoms with Crippen LogP contribution < -0.4 is 10.6 Å². The smallest absolute Gasteiger partial charge is 0.251 e. The van der Waals surface area contributed by atoms with Crippen LogP contribution in [0.1, 0.15) is 12.8 Å². The summed E-state index contributed by atoms with van der Waals surface area (Å²) in [5.41, 5.74) is 6.85. The molecular weight excluding hydrogens is 420 g/mol. The number of rotatable bonds is 3. The van der Waals surface area contributed by atoms with E-state index in [1.165, 1.54) is 16.8 Å². The lowest BCUT2D eigenvalue weighted by Gasteiger charge is -2.35. The van der Waals surface area contributed by atoms with E-state index in [0.717, 1.165) is 18.9 Å². The molecule has 1 unspecified atom stereocenters. The summed E-state index contributed by atoms with van der Waals surface area (Å²) in [7, 11) is 1.66. The second kappa shape index (κ2) is 7.97. The number of nitrogens with zero attached hydrogens (tertiary/aromatic N) is 6. The molecule has 168 valence electrons. The topological polar surface area (TPSA) is 102 Å². The number of aromatic nitrogens is 4. The van der Waals surface area contributed by atoms with Gasteiger partial charge in [-0.3, -0.25) is 9.48 Å². The van der Waals surface area contributed by atoms with Gasteiger partial charge < -0.3 is 20.3 Å². The number of anilines is 2. The van der Waals surface area contributed by atoms with Gasteiger partial charge in [-0.2, -0.15) is 10.1 Å². The van der Waals surface area contributed by atoms with Gasteiger partial charge in [-0.1, -0.05) is 0 Å². The molecule has 5 rings (SSSR count). The van der Waals surface area contributed by atoms with Crippen LogP contribution >= 0.6 is 0 Å². The number of hydrogen-bond donors (Lipinski definition) is 1. The number of fused-ring (bicyclic) bond motifs is 1. The molecule has 11 heteroatoms. The number of carbonyl (C=O) groups excluding carboxylic acids is 1. The predicted octanol–water partition coefficient (Wildman–Crippen LogP) is 1.72. The first kappa shape index (κ1) is 20.6. The summed E-state index contributed by atoms with van der Waals surface area (Å²) >= 11 is 0. The largest absolute Gasteiger partial charge is 0.383 e. The molecule has 32 heavy (non-hydrogen) atoms. The number of aryl methyl sites for hydroxylation is 1. The number of ether oxygens (including phenoxy) is 1. The molecule has 2 fully saturated rings. The standard InChI is InChI=1S/C21H23F2N7O2/c1-28-18(24)16-17(13-5-4-12(22)11-14(13)23)25-21(26-19(16)27-28)30-8-6-29(7-9-30)20(31)15-3-2-10-32-15/h4-5,11,15H,2-3,6-10,24H2,1H3. The van der Waals surface area contributed by atoms with Crippen LogP contribution in [-0.2, 0) is 16.6 Å². The Bertz CT molecular complexity index is 1180. The van der Waals surface area contributed by atoms with Gasteiger partial charge in [0, 0.05) is 51.5 Å². The summed E-state index contributed by atoms with van der Waals surface area (Å²) < 4.78 is 35.1. The van der Waals surface area contributed by atoms with Crippen molar-refractivity contribution in [2.75, 3.05) is 43.4 Å². The molecule has 4 heterocycles. The summed E-state index contributed by atoms with van der Waals surface area (Å²) in [5, 5.41) is 4.74. The SMILES string of the molecule is Cn1nc2nc(N3CCN(C(=O)C4CCCO4)CC3)nc(-c3ccc(F)cc3F)c2c1N. The Labute approximate surface area is 182 Å². The van der Waals surface area contributed by atoms with Gasteiger partial charge in [0.1, 0.15) is 23.6 Å². The summed E-state index contributed by atoms with van der Waals surface area (Å²) in [6.07, 6.45) is 1.31. The van der Waals surface area contributed by atoms with E-state index in [0.29, 0.717) is 49.8 Å². The van der Waals surface area contributed by atoms with Crippen molar-refractivity contribution in [3.8, 4) is 11.3 Å². The molecule has 2 N–H and O–H groups in total. The van der Waals surface area contributed by atoms with Crippen LogP contribution in [-0.4, -0.2) is 69.4 Å². The van der Waals surface area contributed by atoms with Crippen LogP contribution in [0.2, 0.25) is 0 Å². The van der Waals surface area contributed by atoms with Crippen molar-refractivity contribution in [2.24, 2.45) is 7.05 Å². The molecule has 2 saturated heterocycles. The number of hydrogen-bond acceptors (Lipinski definition) is 7. The van der Waals surface area contributed by atoms with Crippen LogP contribution in [0.25, 0.3) is 22.3 Å². The normalized spacial score (nSPS) is 19.2. The molecule has 9 nitrogen and oxygen atoms in total. The Morgan fingerprint density at radius 3 is 2.66 bits per heavy atom. The second-order valence-corrected chi connectivity index (χ2v) is 8.02. The molecule has 0 bridgehead atoms. The molecule has 0 spiro atoms. The Hall–Kier alpha value is -3.34. The highest BCUT2D eigenvalue weighted by Gasteiger charge is 2.31. The van der Waals surface area contributed by atoms with E-state index in [2.05, 4.69) is 15.1 Å². The van der Waals surface area contributed by atoms with E-state index in [1.807, 2.05) is 4.90 Å². The molecule has 2 aliphatic rings. The maximum absolute atomic E-state index is 14.6. The van der Waals surface area contributed by atoms with Gasteiger partial charge in [0.2, 0.25) is 5.95 Å². The quantitative estimate of drug-likeness (QED) is 0.658. The average Bonchev–Trinajstić information content (AvgIpc) is 3.42. The lowest BCUT2D eigenvalue weighted by atomic mass is 10.1. The van der Waals surface area contributed by atoms with Crippen LogP contribution in [0.15, 0.2) is 18.2 Å². The van der Waals surface area contributed by atoms with Gasteiger partial charge in [0.25, 0.3) is 5.91 Å². The van der Waals surface area contributed by atoms with Crippen molar-refractivity contribution < 1.29 is 18.3 Å². The van der Waals surface area contributed by atoms with E-state index >= 15 is 0 Å². The van der Waals surface area contributed by atoms with Gasteiger partial charge in [-0.25, -0.2) is 13.8 Å². The molecule has 2 aliphatic heterocycles. The second-order valence-electron chi connectivity index (χ2n) is 8.02. The zero-order valence-electron chi connectivity index (χ0n) is 17.6. The van der Waals surface area contributed by atoms with E-state index in [4.69, 9.17) is 10.5 Å². The molecule has 3 aromatic rings. The Morgan fingerprint density at radius 1 is 1.19 bits per heavy atom. The molecule has 0 radical (unpaired) electrons. The lowest BCUT2D eigenvalue weighted by Crippen LogP contribution is -2.51. The van der Waals surface area contributed by atoms with Gasteiger partial charge in [0.15, 0.2) is 5.65 Å². The number of nitrogens with two attached hydrogens (primary N) is 1. The molecule has 0 saturated carbocycles. The lowest BCUT2D eigenvalue weighted by molar-refractivity contribution is -0.141. The average molecular weight is 443 g/mol. The zero-order valence-corrected chi connectivity index (χ0v) is 17.6. The molecule has 1 aromatic carbocycles. The van der Waals surface area contributed by atoms with Crippen LogP contribution in [0.3, 0.4) is 0 Å². The highest BCUT2D eigenvalue weighted by molar-refractivity contribution is 5.99. The first-order valence-corrected chi connectivity index (χ1v) is 10.5. The van der Waals surface area contributed by atoms with E-state index in [1.54, 1.807) is 11.9 Å². The van der Waals surface area contributed by atoms with E-state index in [9.17, 15) is 13.6 Å². The predicted molar refractivity (Wildman–Crippen MR) is 114 cm³/mol. The molecular formula is C21H23F2N7O2. The minimum absolute atomic E-state index is 0.0186. The van der Waals surface area contributed by atoms with E-state index < -0.39 is 11.6 Å². The van der Waals surface area contributed by atoms with Gasteiger partial charge in [-0.15, -0.1) is 0 Å². The summed E-state index contributed by atoms with van der Waals surface area (Å²) in [6, 6.07) is 3.32. The third-order valence-electron chi connectivity index (χ3n) is 5.99. The number of piperazine rings is 1. The third-order valence-corrected chi connectivity index (χ3v) is 5.99. The highest BCUT2D eigenvalue weighted by Crippen LogP contribution is 2.33. The van der Waals surface area contributed by atoms with Gasteiger partial charge >= 0.3 is 0 Å². The summed E-state index contributed by atoms with van der Waals surface area (Å²) in [6.45, 7) is 2.66.